The molecule has 2 heterocycles. The third-order valence-corrected chi connectivity index (χ3v) is 2.90. The molecule has 2 aromatic rings. The van der Waals surface area contributed by atoms with Gasteiger partial charge in [0.25, 0.3) is 0 Å². The Morgan fingerprint density at radius 3 is 2.83 bits per heavy atom. The third kappa shape index (κ3) is 1.06. The average molecular weight is 178 g/mol. The molecule has 0 saturated carbocycles. The molecule has 0 saturated heterocycles. The Bertz CT molecular complexity index is 348. The molecule has 0 aliphatic rings. The van der Waals surface area contributed by atoms with Gasteiger partial charge in [0.05, 0.1) is 4.88 Å². The van der Waals surface area contributed by atoms with Crippen molar-refractivity contribution in [2.45, 2.75) is 6.92 Å². The lowest BCUT2D eigenvalue weighted by Gasteiger charge is -1.98. The van der Waals surface area contributed by atoms with E-state index in [2.05, 4.69) is 23.4 Å². The maximum Gasteiger partial charge on any atom is 0.149 e. The van der Waals surface area contributed by atoms with E-state index in [9.17, 15) is 0 Å². The minimum Gasteiger partial charge on any atom is -0.333 e. The van der Waals surface area contributed by atoms with Crippen LogP contribution in [0.2, 0.25) is 0 Å². The Hall–Kier alpha value is -1.09. The van der Waals surface area contributed by atoms with Crippen molar-refractivity contribution in [3.8, 4) is 10.7 Å². The number of aryl methyl sites for hydroxylation is 2. The summed E-state index contributed by atoms with van der Waals surface area (Å²) in [6.45, 7) is 2.11. The van der Waals surface area contributed by atoms with Crippen LogP contribution in [-0.4, -0.2) is 9.55 Å². The molecule has 0 radical (unpaired) electrons. The number of aromatic nitrogens is 2. The molecule has 62 valence electrons. The topological polar surface area (TPSA) is 17.8 Å². The van der Waals surface area contributed by atoms with Crippen LogP contribution in [0.15, 0.2) is 23.8 Å². The molecule has 0 bridgehead atoms. The van der Waals surface area contributed by atoms with Gasteiger partial charge in [-0.15, -0.1) is 11.3 Å². The van der Waals surface area contributed by atoms with E-state index in [1.54, 1.807) is 11.3 Å². The minimum atomic E-state index is 1.06. The standard InChI is InChI=1S/C9H10N2S/c1-7-3-6-12-8(7)9-10-4-5-11(9)2/h3-6H,1-2H3. The van der Waals surface area contributed by atoms with Crippen molar-refractivity contribution in [2.75, 3.05) is 0 Å². The number of imidazole rings is 1. The second-order valence-electron chi connectivity index (χ2n) is 2.79. The first-order valence-electron chi connectivity index (χ1n) is 3.81. The van der Waals surface area contributed by atoms with Crippen molar-refractivity contribution in [3.63, 3.8) is 0 Å². The highest BCUT2D eigenvalue weighted by Gasteiger charge is 2.06. The second kappa shape index (κ2) is 2.75. The molecule has 0 aliphatic carbocycles. The van der Waals surface area contributed by atoms with Crippen LogP contribution in [-0.2, 0) is 7.05 Å². The fourth-order valence-electron chi connectivity index (χ4n) is 1.19. The first-order valence-corrected chi connectivity index (χ1v) is 4.69. The summed E-state index contributed by atoms with van der Waals surface area (Å²) in [5, 5.41) is 2.10. The molecular formula is C9H10N2S. The zero-order valence-corrected chi connectivity index (χ0v) is 7.93. The Kier molecular flexibility index (Phi) is 1.73. The first-order chi connectivity index (χ1) is 5.79. The molecule has 0 fully saturated rings. The summed E-state index contributed by atoms with van der Waals surface area (Å²) in [4.78, 5) is 5.56. The van der Waals surface area contributed by atoms with Gasteiger partial charge in [0.1, 0.15) is 5.82 Å². The summed E-state index contributed by atoms with van der Waals surface area (Å²) in [5.74, 6) is 1.06. The van der Waals surface area contributed by atoms with E-state index < -0.39 is 0 Å². The van der Waals surface area contributed by atoms with Crippen molar-refractivity contribution in [1.82, 2.24) is 9.55 Å². The third-order valence-electron chi connectivity index (χ3n) is 1.89. The lowest BCUT2D eigenvalue weighted by Crippen LogP contribution is -1.89. The molecule has 0 atom stereocenters. The van der Waals surface area contributed by atoms with Gasteiger partial charge in [-0.25, -0.2) is 4.98 Å². The SMILES string of the molecule is Cc1ccsc1-c1nccn1C. The summed E-state index contributed by atoms with van der Waals surface area (Å²) < 4.78 is 2.04. The van der Waals surface area contributed by atoms with Crippen molar-refractivity contribution in [1.29, 1.82) is 0 Å². The smallest absolute Gasteiger partial charge is 0.149 e. The van der Waals surface area contributed by atoms with E-state index in [4.69, 9.17) is 0 Å². The van der Waals surface area contributed by atoms with Gasteiger partial charge in [-0.05, 0) is 23.9 Å². The molecule has 0 unspecified atom stereocenters. The fourth-order valence-corrected chi connectivity index (χ4v) is 2.15. The first kappa shape index (κ1) is 7.55. The normalized spacial score (nSPS) is 10.5. The van der Waals surface area contributed by atoms with Crippen LogP contribution >= 0.6 is 11.3 Å². The molecule has 2 nitrogen and oxygen atoms in total. The Morgan fingerprint density at radius 2 is 2.33 bits per heavy atom. The van der Waals surface area contributed by atoms with Gasteiger partial charge in [-0.1, -0.05) is 0 Å². The zero-order valence-electron chi connectivity index (χ0n) is 7.11. The lowest BCUT2D eigenvalue weighted by molar-refractivity contribution is 0.927. The van der Waals surface area contributed by atoms with Gasteiger partial charge >= 0.3 is 0 Å². The lowest BCUT2D eigenvalue weighted by atomic mass is 10.3. The molecule has 0 spiro atoms. The van der Waals surface area contributed by atoms with Gasteiger partial charge in [-0.2, -0.15) is 0 Å². The Balaban J connectivity index is 2.57. The molecular weight excluding hydrogens is 168 g/mol. The van der Waals surface area contributed by atoms with Crippen molar-refractivity contribution in [3.05, 3.63) is 29.4 Å². The van der Waals surface area contributed by atoms with Gasteiger partial charge in [0.2, 0.25) is 0 Å². The summed E-state index contributed by atoms with van der Waals surface area (Å²) in [6.07, 6.45) is 3.79. The van der Waals surface area contributed by atoms with Crippen LogP contribution in [0.25, 0.3) is 10.7 Å². The molecule has 12 heavy (non-hydrogen) atoms. The van der Waals surface area contributed by atoms with E-state index in [1.807, 2.05) is 24.0 Å². The summed E-state index contributed by atoms with van der Waals surface area (Å²) in [6, 6.07) is 2.12. The maximum atomic E-state index is 4.29. The molecule has 0 N–H and O–H groups in total. The molecule has 0 amide bonds. The number of rotatable bonds is 1. The average Bonchev–Trinajstić information content (AvgIpc) is 2.59. The van der Waals surface area contributed by atoms with Crippen molar-refractivity contribution >= 4 is 11.3 Å². The van der Waals surface area contributed by atoms with Crippen LogP contribution in [0.1, 0.15) is 5.56 Å². The molecule has 2 rings (SSSR count). The highest BCUT2D eigenvalue weighted by molar-refractivity contribution is 7.13. The van der Waals surface area contributed by atoms with E-state index in [1.165, 1.54) is 10.4 Å². The zero-order chi connectivity index (χ0) is 8.55. The van der Waals surface area contributed by atoms with E-state index in [0.29, 0.717) is 0 Å². The summed E-state index contributed by atoms with van der Waals surface area (Å²) in [7, 11) is 2.02. The molecule has 3 heteroatoms. The molecule has 2 aromatic heterocycles. The van der Waals surface area contributed by atoms with Gasteiger partial charge in [-0.3, -0.25) is 0 Å². The predicted octanol–water partition coefficient (Wildman–Crippen LogP) is 2.46. The molecule has 0 aliphatic heterocycles. The molecule has 0 aromatic carbocycles. The van der Waals surface area contributed by atoms with Crippen molar-refractivity contribution in [2.24, 2.45) is 7.05 Å². The van der Waals surface area contributed by atoms with Gasteiger partial charge in [0, 0.05) is 19.4 Å². The summed E-state index contributed by atoms with van der Waals surface area (Å²) >= 11 is 1.74. The van der Waals surface area contributed by atoms with Gasteiger partial charge in [0.15, 0.2) is 0 Å². The minimum absolute atomic E-state index is 1.06. The predicted molar refractivity (Wildman–Crippen MR) is 51.3 cm³/mol. The number of hydrogen-bond donors (Lipinski definition) is 0. The Morgan fingerprint density at radius 1 is 1.50 bits per heavy atom. The highest BCUT2D eigenvalue weighted by atomic mass is 32.1. The second-order valence-corrected chi connectivity index (χ2v) is 3.71. The van der Waals surface area contributed by atoms with Crippen LogP contribution < -0.4 is 0 Å². The number of thiophene rings is 1. The Labute approximate surface area is 75.5 Å². The summed E-state index contributed by atoms with van der Waals surface area (Å²) in [5.41, 5.74) is 1.30. The largest absolute Gasteiger partial charge is 0.333 e. The van der Waals surface area contributed by atoms with Gasteiger partial charge < -0.3 is 4.57 Å². The monoisotopic (exact) mass is 178 g/mol. The van der Waals surface area contributed by atoms with E-state index in [-0.39, 0.29) is 0 Å². The van der Waals surface area contributed by atoms with Crippen LogP contribution in [0, 0.1) is 6.92 Å². The van der Waals surface area contributed by atoms with Crippen LogP contribution in [0.3, 0.4) is 0 Å². The van der Waals surface area contributed by atoms with Crippen molar-refractivity contribution < 1.29 is 0 Å². The highest BCUT2D eigenvalue weighted by Crippen LogP contribution is 2.26. The number of nitrogens with zero attached hydrogens (tertiary/aromatic N) is 2. The van der Waals surface area contributed by atoms with E-state index >= 15 is 0 Å². The number of hydrogen-bond acceptors (Lipinski definition) is 2. The van der Waals surface area contributed by atoms with Crippen LogP contribution in [0.4, 0.5) is 0 Å². The quantitative estimate of drug-likeness (QED) is 0.656. The fraction of sp³-hybridized carbons (Fsp3) is 0.222. The van der Waals surface area contributed by atoms with E-state index in [0.717, 1.165) is 5.82 Å². The maximum absolute atomic E-state index is 4.29. The van der Waals surface area contributed by atoms with Crippen LogP contribution in [0.5, 0.6) is 0 Å².